The van der Waals surface area contributed by atoms with Gasteiger partial charge in [0, 0.05) is 23.4 Å². The van der Waals surface area contributed by atoms with Crippen molar-refractivity contribution in [1.29, 1.82) is 0 Å². The van der Waals surface area contributed by atoms with Gasteiger partial charge in [-0.1, -0.05) is 0 Å². The van der Waals surface area contributed by atoms with Gasteiger partial charge in [0.15, 0.2) is 0 Å². The molecule has 3 amide bonds. The number of methoxy groups -OCH3 is 1. The van der Waals surface area contributed by atoms with Crippen molar-refractivity contribution >= 4 is 47.5 Å². The van der Waals surface area contributed by atoms with Gasteiger partial charge in [0.1, 0.15) is 5.75 Å². The molecule has 1 saturated heterocycles. The first-order valence-corrected chi connectivity index (χ1v) is 7.12. The molecule has 0 spiro atoms. The normalized spacial score (nSPS) is 16.7. The summed E-state index contributed by atoms with van der Waals surface area (Å²) in [5.74, 6) is 1.87. The summed E-state index contributed by atoms with van der Waals surface area (Å²) in [6.45, 7) is 0. The summed E-state index contributed by atoms with van der Waals surface area (Å²) in [4.78, 5) is 22.8. The minimum absolute atomic E-state index is 0. The lowest BCUT2D eigenvalue weighted by Crippen LogP contribution is -2.37. The summed E-state index contributed by atoms with van der Waals surface area (Å²) >= 11 is 1.68. The van der Waals surface area contributed by atoms with Gasteiger partial charge >= 0.3 is 6.03 Å². The van der Waals surface area contributed by atoms with E-state index in [4.69, 9.17) is 10.5 Å². The second kappa shape index (κ2) is 7.96. The fourth-order valence-electron chi connectivity index (χ4n) is 1.80. The second-order valence-electron chi connectivity index (χ2n) is 4.17. The highest BCUT2D eigenvalue weighted by molar-refractivity contribution is 7.99. The van der Waals surface area contributed by atoms with E-state index in [1.807, 2.05) is 0 Å². The van der Waals surface area contributed by atoms with Gasteiger partial charge in [-0.2, -0.15) is 0 Å². The number of primary amides is 1. The summed E-state index contributed by atoms with van der Waals surface area (Å²) in [6.07, 6.45) is 0. The Bertz CT molecular complexity index is 523. The van der Waals surface area contributed by atoms with Crippen LogP contribution in [0.25, 0.3) is 0 Å². The number of halogens is 1. The number of hydrogen-bond donors (Lipinski definition) is 4. The number of nitrogens with one attached hydrogen (secondary N) is 3. The minimum atomic E-state index is -0.674. The average molecular weight is 333 g/mol. The molecular formula is C12H17ClN4O3S. The molecule has 2 rings (SSSR count). The lowest BCUT2D eigenvalue weighted by atomic mass is 10.2. The largest absolute Gasteiger partial charge is 0.494 e. The maximum absolute atomic E-state index is 12.0. The zero-order valence-corrected chi connectivity index (χ0v) is 13.0. The first-order valence-electron chi connectivity index (χ1n) is 5.96. The first-order chi connectivity index (χ1) is 9.60. The summed E-state index contributed by atoms with van der Waals surface area (Å²) in [5, 5.41) is 8.33. The van der Waals surface area contributed by atoms with Crippen molar-refractivity contribution in [2.24, 2.45) is 5.73 Å². The molecule has 21 heavy (non-hydrogen) atoms. The summed E-state index contributed by atoms with van der Waals surface area (Å²) in [5.41, 5.74) is 6.11. The molecule has 1 aliphatic rings. The Morgan fingerprint density at radius 1 is 1.43 bits per heavy atom. The molecule has 1 aliphatic heterocycles. The molecule has 1 aromatic carbocycles. The van der Waals surface area contributed by atoms with E-state index in [9.17, 15) is 9.59 Å². The quantitative estimate of drug-likeness (QED) is 0.663. The number of urea groups is 1. The molecule has 0 bridgehead atoms. The highest BCUT2D eigenvalue weighted by atomic mass is 35.5. The molecular weight excluding hydrogens is 316 g/mol. The molecule has 0 saturated carbocycles. The van der Waals surface area contributed by atoms with Crippen molar-refractivity contribution < 1.29 is 14.3 Å². The van der Waals surface area contributed by atoms with Crippen molar-refractivity contribution in [1.82, 2.24) is 5.32 Å². The number of ether oxygens (including phenoxy) is 1. The number of carbonyl (C=O) groups is 2. The van der Waals surface area contributed by atoms with E-state index < -0.39 is 6.03 Å². The zero-order valence-electron chi connectivity index (χ0n) is 11.3. The lowest BCUT2D eigenvalue weighted by molar-refractivity contribution is -0.117. The standard InChI is InChI=1S/C12H16N4O3S.ClH/c1-19-10-4-7(2-3-8(10)16-12(13)18)15-11(17)9-5-20-6-14-9;/h2-4,9,14H,5-6H2,1H3,(H,15,17)(H3,13,16,18);1H. The number of amides is 3. The molecule has 1 unspecified atom stereocenters. The van der Waals surface area contributed by atoms with Crippen LogP contribution in [0, 0.1) is 0 Å². The SMILES string of the molecule is COc1cc(NC(=O)C2CSCN2)ccc1NC(N)=O.Cl. The van der Waals surface area contributed by atoms with Crippen LogP contribution >= 0.6 is 24.2 Å². The van der Waals surface area contributed by atoms with Gasteiger partial charge in [-0.25, -0.2) is 4.79 Å². The van der Waals surface area contributed by atoms with Crippen molar-refractivity contribution in [2.45, 2.75) is 6.04 Å². The minimum Gasteiger partial charge on any atom is -0.494 e. The maximum Gasteiger partial charge on any atom is 0.316 e. The summed E-state index contributed by atoms with van der Waals surface area (Å²) in [7, 11) is 1.47. The number of anilines is 2. The van der Waals surface area contributed by atoms with Crippen molar-refractivity contribution in [3.8, 4) is 5.75 Å². The Morgan fingerprint density at radius 3 is 2.76 bits per heavy atom. The molecule has 7 nitrogen and oxygen atoms in total. The van der Waals surface area contributed by atoms with E-state index in [0.717, 1.165) is 11.6 Å². The predicted octanol–water partition coefficient (Wildman–Crippen LogP) is 1.21. The van der Waals surface area contributed by atoms with Gasteiger partial charge in [0.25, 0.3) is 0 Å². The molecule has 1 heterocycles. The Labute approximate surface area is 132 Å². The van der Waals surface area contributed by atoms with Crippen molar-refractivity contribution in [2.75, 3.05) is 29.4 Å². The lowest BCUT2D eigenvalue weighted by Gasteiger charge is -2.13. The summed E-state index contributed by atoms with van der Waals surface area (Å²) in [6, 6.07) is 4.07. The summed E-state index contributed by atoms with van der Waals surface area (Å²) < 4.78 is 5.15. The monoisotopic (exact) mass is 332 g/mol. The number of thioether (sulfide) groups is 1. The van der Waals surface area contributed by atoms with E-state index in [2.05, 4.69) is 16.0 Å². The predicted molar refractivity (Wildman–Crippen MR) is 86.3 cm³/mol. The average Bonchev–Trinajstić information content (AvgIpc) is 2.94. The second-order valence-corrected chi connectivity index (χ2v) is 5.20. The van der Waals surface area contributed by atoms with Gasteiger partial charge in [0.2, 0.25) is 5.91 Å². The van der Waals surface area contributed by atoms with E-state index in [1.165, 1.54) is 7.11 Å². The Kier molecular flexibility index (Phi) is 6.60. The molecule has 0 aromatic heterocycles. The van der Waals surface area contributed by atoms with Crippen LogP contribution in [-0.4, -0.2) is 36.7 Å². The molecule has 0 radical (unpaired) electrons. The smallest absolute Gasteiger partial charge is 0.316 e. The number of carbonyl (C=O) groups excluding carboxylic acids is 2. The van der Waals surface area contributed by atoms with Gasteiger partial charge in [-0.05, 0) is 12.1 Å². The molecule has 1 aromatic rings. The number of nitrogens with two attached hydrogens (primary N) is 1. The third-order valence-corrected chi connectivity index (χ3v) is 3.70. The highest BCUT2D eigenvalue weighted by Crippen LogP contribution is 2.28. The molecule has 1 atom stereocenters. The zero-order chi connectivity index (χ0) is 14.5. The maximum atomic E-state index is 12.0. The number of hydrogen-bond acceptors (Lipinski definition) is 5. The highest BCUT2D eigenvalue weighted by Gasteiger charge is 2.22. The third kappa shape index (κ3) is 4.69. The Balaban J connectivity index is 0.00000220. The van der Waals surface area contributed by atoms with Gasteiger partial charge in [0.05, 0.1) is 18.8 Å². The van der Waals surface area contributed by atoms with Crippen LogP contribution in [0.15, 0.2) is 18.2 Å². The van der Waals surface area contributed by atoms with Crippen molar-refractivity contribution in [3.63, 3.8) is 0 Å². The fourth-order valence-corrected chi connectivity index (χ4v) is 2.74. The topological polar surface area (TPSA) is 105 Å². The van der Waals surface area contributed by atoms with Crippen LogP contribution in [0.3, 0.4) is 0 Å². The van der Waals surface area contributed by atoms with Gasteiger partial charge in [-0.15, -0.1) is 24.2 Å². The Hall–Kier alpha value is -1.64. The fraction of sp³-hybridized carbons (Fsp3) is 0.333. The molecule has 1 fully saturated rings. The van der Waals surface area contributed by atoms with Crippen molar-refractivity contribution in [3.05, 3.63) is 18.2 Å². The van der Waals surface area contributed by atoms with Crippen LogP contribution in [-0.2, 0) is 4.79 Å². The first kappa shape index (κ1) is 17.4. The molecule has 9 heteroatoms. The van der Waals surface area contributed by atoms with Crippen LogP contribution in [0.4, 0.5) is 16.2 Å². The van der Waals surface area contributed by atoms with Crippen LogP contribution < -0.4 is 26.4 Å². The van der Waals surface area contributed by atoms with E-state index >= 15 is 0 Å². The molecule has 116 valence electrons. The number of benzene rings is 1. The molecule has 0 aliphatic carbocycles. The van der Waals surface area contributed by atoms with Crippen LogP contribution in [0.1, 0.15) is 0 Å². The third-order valence-electron chi connectivity index (χ3n) is 2.76. The number of rotatable bonds is 4. The van der Waals surface area contributed by atoms with E-state index in [0.29, 0.717) is 17.1 Å². The van der Waals surface area contributed by atoms with Gasteiger partial charge < -0.3 is 21.1 Å². The van der Waals surface area contributed by atoms with E-state index in [-0.39, 0.29) is 24.4 Å². The van der Waals surface area contributed by atoms with Crippen LogP contribution in [0.2, 0.25) is 0 Å². The van der Waals surface area contributed by atoms with Crippen LogP contribution in [0.5, 0.6) is 5.75 Å². The Morgan fingerprint density at radius 2 is 2.19 bits per heavy atom. The molecule has 5 N–H and O–H groups in total. The van der Waals surface area contributed by atoms with E-state index in [1.54, 1.807) is 30.0 Å². The van der Waals surface area contributed by atoms with Gasteiger partial charge in [-0.3, -0.25) is 10.1 Å².